The predicted octanol–water partition coefficient (Wildman–Crippen LogP) is 0.00804. The van der Waals surface area contributed by atoms with Crippen LogP contribution in [0.15, 0.2) is 35.4 Å². The van der Waals surface area contributed by atoms with E-state index in [4.69, 9.17) is 11.6 Å². The van der Waals surface area contributed by atoms with E-state index in [-0.39, 0.29) is 5.71 Å². The maximum Gasteiger partial charge on any atom is 0.241 e. The molecule has 102 valence electrons. The summed E-state index contributed by atoms with van der Waals surface area (Å²) in [5.41, 5.74) is 2.12. The first-order valence-corrected chi connectivity index (χ1v) is 5.92. The number of nitrogens with zero attached hydrogens (tertiary/aromatic N) is 4. The second kappa shape index (κ2) is 4.63. The Morgan fingerprint density at radius 1 is 1.14 bits per heavy atom. The van der Waals surface area contributed by atoms with Crippen molar-refractivity contribution < 1.29 is 4.79 Å². The van der Waals surface area contributed by atoms with E-state index in [0.29, 0.717) is 5.56 Å². The maximum absolute atomic E-state index is 11.7. The van der Waals surface area contributed by atoms with Crippen molar-refractivity contribution in [3.63, 3.8) is 0 Å². The molecule has 0 radical (unpaired) electrons. The van der Waals surface area contributed by atoms with Gasteiger partial charge in [-0.05, 0) is 5.56 Å². The molecule has 1 fully saturated rings. The molecule has 0 heterocycles. The summed E-state index contributed by atoms with van der Waals surface area (Å²) >= 11 is 0. The van der Waals surface area contributed by atoms with Crippen LogP contribution in [-0.2, 0) is 4.79 Å². The molecule has 7 nitrogen and oxygen atoms in total. The van der Waals surface area contributed by atoms with Crippen molar-refractivity contribution >= 4 is 11.6 Å². The van der Waals surface area contributed by atoms with Gasteiger partial charge in [-0.15, -0.1) is 0 Å². The van der Waals surface area contributed by atoms with E-state index >= 15 is 0 Å². The molecule has 7 heteroatoms. The Morgan fingerprint density at radius 2 is 1.71 bits per heavy atom. The van der Waals surface area contributed by atoms with Crippen molar-refractivity contribution in [2.45, 2.75) is 0 Å². The smallest absolute Gasteiger partial charge is 0.241 e. The van der Waals surface area contributed by atoms with Crippen LogP contribution in [-0.4, -0.2) is 11.6 Å². The highest BCUT2D eigenvalue weighted by Gasteiger charge is 2.85. The van der Waals surface area contributed by atoms with Crippen molar-refractivity contribution in [2.75, 3.05) is 0 Å². The van der Waals surface area contributed by atoms with Crippen molar-refractivity contribution in [3.8, 4) is 18.2 Å². The first-order valence-electron chi connectivity index (χ1n) is 5.92. The Bertz CT molecular complexity index is 734. The maximum atomic E-state index is 11.7. The van der Waals surface area contributed by atoms with Gasteiger partial charge in [0.1, 0.15) is 0 Å². The molecule has 0 saturated heterocycles. The average Bonchev–Trinajstić information content (AvgIpc) is 3.13. The largest absolute Gasteiger partial charge is 0.368 e. The zero-order chi connectivity index (χ0) is 15.7. The summed E-state index contributed by atoms with van der Waals surface area (Å²) in [5.74, 6) is 3.25. The summed E-state index contributed by atoms with van der Waals surface area (Å²) < 4.78 is 0. The van der Waals surface area contributed by atoms with Crippen LogP contribution in [0, 0.1) is 50.7 Å². The SMILES string of the molecule is N#CC1(C#N)C(/C(=N/N)c2ccccc2)C1(C#N)C(N)=O. The third-order valence-corrected chi connectivity index (χ3v) is 3.80. The highest BCUT2D eigenvalue weighted by Crippen LogP contribution is 2.69. The zero-order valence-corrected chi connectivity index (χ0v) is 10.8. The standard InChI is InChI=1S/C14H10N6O/c15-6-13(7-16)11(14(13,8-17)12(18)21)10(20-19)9-4-2-1-3-5-9/h1-5,11H,19H2,(H2,18,21)/b20-10+. The van der Waals surface area contributed by atoms with E-state index in [2.05, 4.69) is 5.10 Å². The van der Waals surface area contributed by atoms with Gasteiger partial charge < -0.3 is 11.6 Å². The number of hydrogen-bond donors (Lipinski definition) is 2. The molecule has 1 aliphatic carbocycles. The molecule has 2 rings (SSSR count). The third kappa shape index (κ3) is 1.51. The van der Waals surface area contributed by atoms with Crippen LogP contribution in [0.3, 0.4) is 0 Å². The highest BCUT2D eigenvalue weighted by atomic mass is 16.1. The summed E-state index contributed by atoms with van der Waals surface area (Å²) in [5, 5.41) is 31.5. The molecule has 0 spiro atoms. The number of carbonyl (C=O) groups excluding carboxylic acids is 1. The lowest BCUT2D eigenvalue weighted by Crippen LogP contribution is -2.29. The summed E-state index contributed by atoms with van der Waals surface area (Å²) in [6, 6.07) is 13.7. The number of carbonyl (C=O) groups is 1. The minimum atomic E-state index is -1.94. The van der Waals surface area contributed by atoms with Crippen molar-refractivity contribution in [1.82, 2.24) is 0 Å². The second-order valence-corrected chi connectivity index (χ2v) is 4.63. The van der Waals surface area contributed by atoms with Crippen LogP contribution in [0.25, 0.3) is 0 Å². The molecule has 2 atom stereocenters. The van der Waals surface area contributed by atoms with Gasteiger partial charge in [-0.25, -0.2) is 0 Å². The molecule has 1 aromatic rings. The molecule has 4 N–H and O–H groups in total. The van der Waals surface area contributed by atoms with Crippen molar-refractivity contribution in [1.29, 1.82) is 15.8 Å². The number of nitrogens with two attached hydrogens (primary N) is 2. The molecule has 1 aliphatic rings. The monoisotopic (exact) mass is 278 g/mol. The van der Waals surface area contributed by atoms with Crippen LogP contribution in [0.5, 0.6) is 0 Å². The summed E-state index contributed by atoms with van der Waals surface area (Å²) in [4.78, 5) is 11.7. The Balaban J connectivity index is 2.64. The van der Waals surface area contributed by atoms with Gasteiger partial charge in [0, 0.05) is 0 Å². The zero-order valence-electron chi connectivity index (χ0n) is 10.8. The highest BCUT2D eigenvalue weighted by molar-refractivity contribution is 6.12. The molecule has 2 unspecified atom stereocenters. The lowest BCUT2D eigenvalue weighted by Gasteiger charge is -2.05. The Hall–Kier alpha value is -3.37. The molecule has 21 heavy (non-hydrogen) atoms. The van der Waals surface area contributed by atoms with E-state index in [1.807, 2.05) is 0 Å². The van der Waals surface area contributed by atoms with Crippen molar-refractivity contribution in [2.24, 2.45) is 33.4 Å². The number of primary amides is 1. The van der Waals surface area contributed by atoms with E-state index in [0.717, 1.165) is 0 Å². The number of amides is 1. The van der Waals surface area contributed by atoms with Gasteiger partial charge in [0.05, 0.1) is 29.8 Å². The topological polar surface area (TPSA) is 153 Å². The lowest BCUT2D eigenvalue weighted by atomic mass is 9.96. The number of hydrazone groups is 1. The predicted molar refractivity (Wildman–Crippen MR) is 71.6 cm³/mol. The lowest BCUT2D eigenvalue weighted by molar-refractivity contribution is -0.121. The van der Waals surface area contributed by atoms with E-state index in [9.17, 15) is 20.6 Å². The Labute approximate surface area is 120 Å². The fourth-order valence-corrected chi connectivity index (χ4v) is 2.68. The fourth-order valence-electron chi connectivity index (χ4n) is 2.68. The first-order chi connectivity index (χ1) is 10.1. The average molecular weight is 278 g/mol. The normalized spacial score (nSPS) is 26.0. The van der Waals surface area contributed by atoms with Gasteiger partial charge in [0.15, 0.2) is 10.8 Å². The number of benzene rings is 1. The third-order valence-electron chi connectivity index (χ3n) is 3.80. The number of rotatable bonds is 3. The van der Waals surface area contributed by atoms with E-state index in [1.165, 1.54) is 0 Å². The molecule has 1 saturated carbocycles. The van der Waals surface area contributed by atoms with Gasteiger partial charge in [-0.1, -0.05) is 30.3 Å². The molecule has 0 aromatic heterocycles. The van der Waals surface area contributed by atoms with Crippen molar-refractivity contribution in [3.05, 3.63) is 35.9 Å². The minimum absolute atomic E-state index is 0.138. The van der Waals surface area contributed by atoms with Crippen LogP contribution < -0.4 is 11.6 Å². The van der Waals surface area contributed by atoms with E-state index < -0.39 is 22.7 Å². The summed E-state index contributed by atoms with van der Waals surface area (Å²) in [6.45, 7) is 0. The van der Waals surface area contributed by atoms with Gasteiger partial charge in [0.25, 0.3) is 0 Å². The van der Waals surface area contributed by atoms with Gasteiger partial charge >= 0.3 is 0 Å². The first kappa shape index (κ1) is 14.0. The summed E-state index contributed by atoms with van der Waals surface area (Å²) in [6.07, 6.45) is 0. The molecule has 0 aliphatic heterocycles. The Morgan fingerprint density at radius 3 is 2.05 bits per heavy atom. The van der Waals surface area contributed by atoms with Crippen LogP contribution >= 0.6 is 0 Å². The second-order valence-electron chi connectivity index (χ2n) is 4.63. The molecule has 0 bridgehead atoms. The fraction of sp³-hybridized carbons (Fsp3) is 0.214. The quantitative estimate of drug-likeness (QED) is 0.453. The molecular formula is C14H10N6O. The molecule has 1 aromatic carbocycles. The number of hydrogen-bond acceptors (Lipinski definition) is 6. The Kier molecular flexibility index (Phi) is 3.10. The minimum Gasteiger partial charge on any atom is -0.368 e. The van der Waals surface area contributed by atoms with Crippen LogP contribution in [0.1, 0.15) is 5.56 Å². The van der Waals surface area contributed by atoms with Crippen LogP contribution in [0.4, 0.5) is 0 Å². The van der Waals surface area contributed by atoms with E-state index in [1.54, 1.807) is 48.5 Å². The van der Waals surface area contributed by atoms with Gasteiger partial charge in [0.2, 0.25) is 5.91 Å². The van der Waals surface area contributed by atoms with Gasteiger partial charge in [-0.3, -0.25) is 4.79 Å². The molecule has 1 amide bonds. The summed E-state index contributed by atoms with van der Waals surface area (Å²) in [7, 11) is 0. The van der Waals surface area contributed by atoms with Gasteiger partial charge in [-0.2, -0.15) is 20.9 Å². The molecular weight excluding hydrogens is 268 g/mol. The van der Waals surface area contributed by atoms with Crippen LogP contribution in [0.2, 0.25) is 0 Å². The number of nitriles is 3.